The van der Waals surface area contributed by atoms with Crippen LogP contribution in [0.3, 0.4) is 0 Å². The molecule has 0 aromatic carbocycles. The Morgan fingerprint density at radius 3 is 2.18 bits per heavy atom. The number of nitrogens with zero attached hydrogens (tertiary/aromatic N) is 3. The van der Waals surface area contributed by atoms with Gasteiger partial charge in [-0.25, -0.2) is 0 Å². The zero-order valence-corrected chi connectivity index (χ0v) is 18.5. The number of likely N-dealkylation sites (tertiary alicyclic amines) is 1. The van der Waals surface area contributed by atoms with Crippen LogP contribution in [0.2, 0.25) is 0 Å². The van der Waals surface area contributed by atoms with Gasteiger partial charge in [0.15, 0.2) is 5.82 Å². The Morgan fingerprint density at radius 2 is 1.64 bits per heavy atom. The summed E-state index contributed by atoms with van der Waals surface area (Å²) < 4.78 is 11.7. The fourth-order valence-corrected chi connectivity index (χ4v) is 4.42. The van der Waals surface area contributed by atoms with Crippen LogP contribution in [0.5, 0.6) is 0 Å². The molecular weight excluding hydrogens is 350 g/mol. The number of ether oxygens (including phenoxy) is 1. The fraction of sp³-hybridized carbons (Fsp3) is 0.870. The van der Waals surface area contributed by atoms with E-state index in [0.717, 1.165) is 30.6 Å². The Morgan fingerprint density at radius 1 is 1.00 bits per heavy atom. The largest absolute Gasteiger partial charge is 0.375 e. The Balaban J connectivity index is 0.00000109. The van der Waals surface area contributed by atoms with E-state index < -0.39 is 0 Å². The summed E-state index contributed by atoms with van der Waals surface area (Å²) in [6.07, 6.45) is 10.1. The molecule has 1 aromatic heterocycles. The van der Waals surface area contributed by atoms with Crippen molar-refractivity contribution in [2.24, 2.45) is 5.92 Å². The minimum Gasteiger partial charge on any atom is -0.375 e. The van der Waals surface area contributed by atoms with Crippen molar-refractivity contribution in [2.75, 3.05) is 37.6 Å². The van der Waals surface area contributed by atoms with E-state index in [0.29, 0.717) is 18.1 Å². The maximum atomic E-state index is 6.20. The topological polar surface area (TPSA) is 41.7 Å². The van der Waals surface area contributed by atoms with Crippen molar-refractivity contribution in [3.05, 3.63) is 11.8 Å². The molecule has 3 aliphatic rings. The Hall–Kier alpha value is -1.07. The number of aromatic nitrogens is 1. The first-order valence-corrected chi connectivity index (χ1v) is 11.8. The summed E-state index contributed by atoms with van der Waals surface area (Å²) in [5, 5.41) is 4.27. The molecule has 0 bridgehead atoms. The average molecular weight is 392 g/mol. The van der Waals surface area contributed by atoms with E-state index >= 15 is 0 Å². The van der Waals surface area contributed by atoms with Crippen molar-refractivity contribution >= 4 is 5.82 Å². The highest BCUT2D eigenvalue weighted by Crippen LogP contribution is 2.29. The highest BCUT2D eigenvalue weighted by Gasteiger charge is 2.28. The predicted molar refractivity (Wildman–Crippen MR) is 115 cm³/mol. The maximum Gasteiger partial charge on any atom is 0.172 e. The van der Waals surface area contributed by atoms with Gasteiger partial charge in [-0.15, -0.1) is 0 Å². The number of hydrogen-bond donors (Lipinski definition) is 0. The Bertz CT molecular complexity index is 554. The van der Waals surface area contributed by atoms with Crippen molar-refractivity contribution < 1.29 is 9.26 Å². The Kier molecular flexibility index (Phi) is 8.22. The smallest absolute Gasteiger partial charge is 0.172 e. The first-order valence-electron chi connectivity index (χ1n) is 11.8. The van der Waals surface area contributed by atoms with Gasteiger partial charge in [0.25, 0.3) is 0 Å². The quantitative estimate of drug-likeness (QED) is 0.677. The molecule has 4 rings (SSSR count). The molecule has 0 unspecified atom stereocenters. The molecule has 2 saturated heterocycles. The van der Waals surface area contributed by atoms with E-state index in [-0.39, 0.29) is 0 Å². The number of piperidine rings is 2. The van der Waals surface area contributed by atoms with Gasteiger partial charge in [-0.2, -0.15) is 0 Å². The molecule has 0 N–H and O–H groups in total. The van der Waals surface area contributed by atoms with Crippen LogP contribution in [0, 0.1) is 5.92 Å². The third-order valence-corrected chi connectivity index (χ3v) is 6.51. The van der Waals surface area contributed by atoms with Gasteiger partial charge in [0.2, 0.25) is 0 Å². The number of hydrogen-bond acceptors (Lipinski definition) is 5. The highest BCUT2D eigenvalue weighted by molar-refractivity contribution is 5.39. The molecule has 28 heavy (non-hydrogen) atoms. The summed E-state index contributed by atoms with van der Waals surface area (Å²) >= 11 is 0. The van der Waals surface area contributed by atoms with Crippen molar-refractivity contribution in [3.8, 4) is 0 Å². The third-order valence-electron chi connectivity index (χ3n) is 6.51. The average Bonchev–Trinajstić information content (AvgIpc) is 3.19. The minimum absolute atomic E-state index is 0.407. The maximum absolute atomic E-state index is 6.20. The second-order valence-electron chi connectivity index (χ2n) is 8.86. The molecule has 3 fully saturated rings. The molecule has 1 saturated carbocycles. The monoisotopic (exact) mass is 391 g/mol. The molecular formula is C23H41N3O2. The van der Waals surface area contributed by atoms with Crippen LogP contribution in [0.1, 0.15) is 84.3 Å². The van der Waals surface area contributed by atoms with Gasteiger partial charge in [0.1, 0.15) is 5.76 Å². The van der Waals surface area contributed by atoms with E-state index in [9.17, 15) is 0 Å². The normalized spacial score (nSPS) is 22.8. The SMILES string of the molecule is CC.CC(C)c1cc(N2CCC(CN3CCC(OC4CCC4)CC3)CC2)no1. The van der Waals surface area contributed by atoms with Gasteiger partial charge in [-0.3, -0.25) is 0 Å². The van der Waals surface area contributed by atoms with Crippen LogP contribution >= 0.6 is 0 Å². The van der Waals surface area contributed by atoms with E-state index in [1.165, 1.54) is 64.6 Å². The van der Waals surface area contributed by atoms with Crippen molar-refractivity contribution in [1.82, 2.24) is 10.1 Å². The summed E-state index contributed by atoms with van der Waals surface area (Å²) in [4.78, 5) is 5.07. The molecule has 160 valence electrons. The molecule has 2 aliphatic heterocycles. The zero-order valence-electron chi connectivity index (χ0n) is 18.5. The second kappa shape index (κ2) is 10.6. The summed E-state index contributed by atoms with van der Waals surface area (Å²) in [6.45, 7) is 14.2. The standard InChI is InChI=1S/C21H35N3O2.C2H6/c1-16(2)20-14-21(22-26-20)24-12-6-17(7-13-24)15-23-10-8-19(9-11-23)25-18-4-3-5-18;1-2/h14,16-19H,3-13,15H2,1-2H3;1-2H3. The predicted octanol–water partition coefficient (Wildman–Crippen LogP) is 5.07. The van der Waals surface area contributed by atoms with Gasteiger partial charge in [-0.05, 0) is 50.9 Å². The van der Waals surface area contributed by atoms with Crippen LogP contribution in [0.25, 0.3) is 0 Å². The van der Waals surface area contributed by atoms with Gasteiger partial charge >= 0.3 is 0 Å². The van der Waals surface area contributed by atoms with E-state index in [1.54, 1.807) is 0 Å². The van der Waals surface area contributed by atoms with Gasteiger partial charge in [-0.1, -0.05) is 32.9 Å². The molecule has 1 aromatic rings. The van der Waals surface area contributed by atoms with Gasteiger partial charge in [0, 0.05) is 44.7 Å². The van der Waals surface area contributed by atoms with Crippen LogP contribution in [0.4, 0.5) is 5.82 Å². The van der Waals surface area contributed by atoms with E-state index in [4.69, 9.17) is 9.26 Å². The number of anilines is 1. The Labute approximate surface area is 171 Å². The summed E-state index contributed by atoms with van der Waals surface area (Å²) in [5.74, 6) is 3.26. The molecule has 0 spiro atoms. The molecule has 5 heteroatoms. The molecule has 5 nitrogen and oxygen atoms in total. The first-order chi connectivity index (χ1) is 13.7. The third kappa shape index (κ3) is 5.73. The van der Waals surface area contributed by atoms with Gasteiger partial charge < -0.3 is 19.1 Å². The summed E-state index contributed by atoms with van der Waals surface area (Å²) in [5.41, 5.74) is 0. The van der Waals surface area contributed by atoms with Crippen molar-refractivity contribution in [2.45, 2.75) is 90.8 Å². The van der Waals surface area contributed by atoms with Crippen LogP contribution in [-0.2, 0) is 4.74 Å². The lowest BCUT2D eigenvalue weighted by Crippen LogP contribution is -2.43. The van der Waals surface area contributed by atoms with Crippen molar-refractivity contribution in [1.29, 1.82) is 0 Å². The lowest BCUT2D eigenvalue weighted by molar-refractivity contribution is -0.0745. The molecule has 3 heterocycles. The van der Waals surface area contributed by atoms with Crippen LogP contribution in [-0.4, -0.2) is 55.0 Å². The van der Waals surface area contributed by atoms with Gasteiger partial charge in [0.05, 0.1) is 12.2 Å². The molecule has 0 atom stereocenters. The lowest BCUT2D eigenvalue weighted by atomic mass is 9.94. The highest BCUT2D eigenvalue weighted by atomic mass is 16.5. The molecule has 0 amide bonds. The van der Waals surface area contributed by atoms with Crippen LogP contribution < -0.4 is 4.90 Å². The lowest BCUT2D eigenvalue weighted by Gasteiger charge is -2.39. The first kappa shape index (κ1) is 21.6. The second-order valence-corrected chi connectivity index (χ2v) is 8.86. The van der Waals surface area contributed by atoms with E-state index in [1.807, 2.05) is 13.8 Å². The fourth-order valence-electron chi connectivity index (χ4n) is 4.42. The van der Waals surface area contributed by atoms with E-state index in [2.05, 4.69) is 34.9 Å². The molecule has 0 radical (unpaired) electrons. The number of rotatable bonds is 6. The summed E-state index contributed by atoms with van der Waals surface area (Å²) in [7, 11) is 0. The molecule has 1 aliphatic carbocycles. The zero-order chi connectivity index (χ0) is 19.9. The van der Waals surface area contributed by atoms with Crippen LogP contribution in [0.15, 0.2) is 10.6 Å². The minimum atomic E-state index is 0.407. The van der Waals surface area contributed by atoms with Crippen molar-refractivity contribution in [3.63, 3.8) is 0 Å². The summed E-state index contributed by atoms with van der Waals surface area (Å²) in [6, 6.07) is 2.12.